The van der Waals surface area contributed by atoms with Gasteiger partial charge in [0.15, 0.2) is 0 Å². The van der Waals surface area contributed by atoms with Gasteiger partial charge in [0.2, 0.25) is 11.7 Å². The highest BCUT2D eigenvalue weighted by Gasteiger charge is 2.10. The van der Waals surface area contributed by atoms with E-state index >= 15 is 0 Å². The van der Waals surface area contributed by atoms with Crippen LogP contribution < -0.4 is 0 Å². The topological polar surface area (TPSA) is 64.7 Å². The number of para-hydroxylation sites is 1. The Morgan fingerprint density at radius 2 is 1.74 bits per heavy atom. The third kappa shape index (κ3) is 2.93. The third-order valence-electron chi connectivity index (χ3n) is 3.34. The SMILES string of the molecule is c1ccc(-c2noc(CSc3ncnc4ccccc34)n2)cc1. The molecule has 0 N–H and O–H groups in total. The second-order valence-electron chi connectivity index (χ2n) is 4.86. The van der Waals surface area contributed by atoms with Gasteiger partial charge in [-0.15, -0.1) is 0 Å². The minimum atomic E-state index is 0.570. The Hall–Kier alpha value is -2.73. The van der Waals surface area contributed by atoms with Crippen molar-refractivity contribution in [3.05, 3.63) is 66.8 Å². The van der Waals surface area contributed by atoms with Crippen LogP contribution in [-0.2, 0) is 5.75 Å². The highest BCUT2D eigenvalue weighted by molar-refractivity contribution is 7.98. The molecule has 0 saturated heterocycles. The molecule has 0 radical (unpaired) electrons. The normalized spacial score (nSPS) is 11.0. The first-order chi connectivity index (χ1) is 11.4. The van der Waals surface area contributed by atoms with Crippen LogP contribution >= 0.6 is 11.8 Å². The van der Waals surface area contributed by atoms with Crippen molar-refractivity contribution in [3.63, 3.8) is 0 Å². The van der Waals surface area contributed by atoms with Crippen molar-refractivity contribution in [2.45, 2.75) is 10.8 Å². The summed E-state index contributed by atoms with van der Waals surface area (Å²) in [5.74, 6) is 1.76. The fourth-order valence-electron chi connectivity index (χ4n) is 2.24. The Kier molecular flexibility index (Phi) is 3.73. The standard InChI is InChI=1S/C17H12N4OS/c1-2-6-12(7-3-1)16-20-15(22-21-16)10-23-17-13-8-4-5-9-14(13)18-11-19-17/h1-9,11H,10H2. The van der Waals surface area contributed by atoms with E-state index < -0.39 is 0 Å². The van der Waals surface area contributed by atoms with Gasteiger partial charge in [-0.05, 0) is 6.07 Å². The molecule has 2 aromatic carbocycles. The van der Waals surface area contributed by atoms with Crippen LogP contribution in [0, 0.1) is 0 Å². The Morgan fingerprint density at radius 3 is 2.65 bits per heavy atom. The van der Waals surface area contributed by atoms with E-state index in [0.29, 0.717) is 17.5 Å². The minimum Gasteiger partial charge on any atom is -0.338 e. The molecule has 0 amide bonds. The van der Waals surface area contributed by atoms with Crippen LogP contribution in [0.4, 0.5) is 0 Å². The molecular weight excluding hydrogens is 308 g/mol. The maximum Gasteiger partial charge on any atom is 0.237 e. The summed E-state index contributed by atoms with van der Waals surface area (Å²) in [6.07, 6.45) is 1.58. The van der Waals surface area contributed by atoms with E-state index in [1.807, 2.05) is 54.6 Å². The van der Waals surface area contributed by atoms with Crippen molar-refractivity contribution in [2.24, 2.45) is 0 Å². The second-order valence-corrected chi connectivity index (χ2v) is 5.83. The molecule has 0 aliphatic rings. The van der Waals surface area contributed by atoms with Crippen LogP contribution in [-0.4, -0.2) is 20.1 Å². The Bertz CT molecular complexity index is 934. The Morgan fingerprint density at radius 1 is 0.913 bits per heavy atom. The van der Waals surface area contributed by atoms with E-state index in [-0.39, 0.29) is 0 Å². The van der Waals surface area contributed by atoms with E-state index in [9.17, 15) is 0 Å². The van der Waals surface area contributed by atoms with Crippen LogP contribution in [0.5, 0.6) is 0 Å². The molecule has 0 atom stereocenters. The van der Waals surface area contributed by atoms with Gasteiger partial charge in [0.05, 0.1) is 11.3 Å². The van der Waals surface area contributed by atoms with E-state index in [1.165, 1.54) is 0 Å². The highest BCUT2D eigenvalue weighted by Crippen LogP contribution is 2.27. The Labute approximate surface area is 136 Å². The van der Waals surface area contributed by atoms with Gasteiger partial charge in [0.25, 0.3) is 0 Å². The van der Waals surface area contributed by atoms with Gasteiger partial charge in [-0.3, -0.25) is 0 Å². The lowest BCUT2D eigenvalue weighted by Gasteiger charge is -2.02. The monoisotopic (exact) mass is 320 g/mol. The van der Waals surface area contributed by atoms with Crippen LogP contribution in [0.25, 0.3) is 22.3 Å². The molecule has 4 rings (SSSR count). The first-order valence-corrected chi connectivity index (χ1v) is 8.09. The molecular formula is C17H12N4OS. The summed E-state index contributed by atoms with van der Waals surface area (Å²) < 4.78 is 5.33. The lowest BCUT2D eigenvalue weighted by Crippen LogP contribution is -1.88. The van der Waals surface area contributed by atoms with E-state index in [1.54, 1.807) is 18.1 Å². The van der Waals surface area contributed by atoms with Gasteiger partial charge in [-0.1, -0.05) is 65.4 Å². The van der Waals surface area contributed by atoms with Crippen molar-refractivity contribution in [1.82, 2.24) is 20.1 Å². The number of benzene rings is 2. The quantitative estimate of drug-likeness (QED) is 0.419. The molecule has 112 valence electrons. The molecule has 0 aliphatic carbocycles. The summed E-state index contributed by atoms with van der Waals surface area (Å²) in [5.41, 5.74) is 1.88. The van der Waals surface area contributed by atoms with Crippen molar-refractivity contribution in [1.29, 1.82) is 0 Å². The molecule has 0 saturated carbocycles. The largest absolute Gasteiger partial charge is 0.338 e. The summed E-state index contributed by atoms with van der Waals surface area (Å²) >= 11 is 1.56. The highest BCUT2D eigenvalue weighted by atomic mass is 32.2. The molecule has 2 aromatic heterocycles. The molecule has 6 heteroatoms. The zero-order valence-corrected chi connectivity index (χ0v) is 12.9. The van der Waals surface area contributed by atoms with E-state index in [4.69, 9.17) is 4.52 Å². The molecule has 23 heavy (non-hydrogen) atoms. The first kappa shape index (κ1) is 13.9. The average molecular weight is 320 g/mol. The van der Waals surface area contributed by atoms with E-state index in [2.05, 4.69) is 20.1 Å². The first-order valence-electron chi connectivity index (χ1n) is 7.11. The lowest BCUT2D eigenvalue weighted by atomic mass is 10.2. The number of hydrogen-bond donors (Lipinski definition) is 0. The molecule has 0 aliphatic heterocycles. The zero-order valence-electron chi connectivity index (χ0n) is 12.1. The molecule has 2 heterocycles. The van der Waals surface area contributed by atoms with Crippen molar-refractivity contribution in [2.75, 3.05) is 0 Å². The van der Waals surface area contributed by atoms with Gasteiger partial charge in [-0.2, -0.15) is 4.98 Å². The number of rotatable bonds is 4. The minimum absolute atomic E-state index is 0.570. The van der Waals surface area contributed by atoms with Crippen LogP contribution in [0.15, 0.2) is 70.5 Å². The van der Waals surface area contributed by atoms with Gasteiger partial charge in [0.1, 0.15) is 11.4 Å². The average Bonchev–Trinajstić information content (AvgIpc) is 3.10. The summed E-state index contributed by atoms with van der Waals surface area (Å²) in [6, 6.07) is 17.7. The molecule has 4 aromatic rings. The van der Waals surface area contributed by atoms with Crippen molar-refractivity contribution >= 4 is 22.7 Å². The summed E-state index contributed by atoms with van der Waals surface area (Å²) in [4.78, 5) is 13.0. The van der Waals surface area contributed by atoms with Gasteiger partial charge in [-0.25, -0.2) is 9.97 Å². The van der Waals surface area contributed by atoms with Crippen LogP contribution in [0.1, 0.15) is 5.89 Å². The van der Waals surface area contributed by atoms with E-state index in [0.717, 1.165) is 21.5 Å². The van der Waals surface area contributed by atoms with Crippen molar-refractivity contribution in [3.8, 4) is 11.4 Å². The van der Waals surface area contributed by atoms with Gasteiger partial charge < -0.3 is 4.52 Å². The summed E-state index contributed by atoms with van der Waals surface area (Å²) in [5, 5.41) is 5.97. The maximum atomic E-state index is 5.33. The molecule has 0 fully saturated rings. The van der Waals surface area contributed by atoms with Crippen LogP contribution in [0.2, 0.25) is 0 Å². The molecule has 0 unspecified atom stereocenters. The second kappa shape index (κ2) is 6.18. The predicted octanol–water partition coefficient (Wildman–Crippen LogP) is 3.97. The molecule has 0 bridgehead atoms. The number of thioether (sulfide) groups is 1. The number of nitrogens with zero attached hydrogens (tertiary/aromatic N) is 4. The number of fused-ring (bicyclic) bond motifs is 1. The third-order valence-corrected chi connectivity index (χ3v) is 4.33. The fraction of sp³-hybridized carbons (Fsp3) is 0.0588. The van der Waals surface area contributed by atoms with Crippen LogP contribution in [0.3, 0.4) is 0 Å². The van der Waals surface area contributed by atoms with Gasteiger partial charge >= 0.3 is 0 Å². The number of hydrogen-bond acceptors (Lipinski definition) is 6. The van der Waals surface area contributed by atoms with Gasteiger partial charge in [0, 0.05) is 10.9 Å². The number of aromatic nitrogens is 4. The molecule has 0 spiro atoms. The van der Waals surface area contributed by atoms with Crippen molar-refractivity contribution < 1.29 is 4.52 Å². The zero-order chi connectivity index (χ0) is 15.5. The maximum absolute atomic E-state index is 5.33. The molecule has 5 nitrogen and oxygen atoms in total. The lowest BCUT2D eigenvalue weighted by molar-refractivity contribution is 0.391. The Balaban J connectivity index is 1.54. The predicted molar refractivity (Wildman–Crippen MR) is 88.8 cm³/mol. The fourth-order valence-corrected chi connectivity index (χ4v) is 3.07. The summed E-state index contributed by atoms with van der Waals surface area (Å²) in [6.45, 7) is 0. The summed E-state index contributed by atoms with van der Waals surface area (Å²) in [7, 11) is 0. The smallest absolute Gasteiger partial charge is 0.237 e.